The third-order valence-corrected chi connectivity index (χ3v) is 3.83. The van der Waals surface area contributed by atoms with Crippen molar-refractivity contribution >= 4 is 23.7 Å². The predicted octanol–water partition coefficient (Wildman–Crippen LogP) is 3.09. The molecule has 28 heavy (non-hydrogen) atoms. The Morgan fingerprint density at radius 2 is 2.29 bits per heavy atom. The number of halogens is 1. The van der Waals surface area contributed by atoms with E-state index in [1.54, 1.807) is 29.2 Å². The van der Waals surface area contributed by atoms with E-state index in [1.165, 1.54) is 29.4 Å². The monoisotopic (exact) mass is 461 g/mol. The number of carbonyl (C=O) groups excluding carboxylic acids is 1. The molecule has 3 N–H and O–H groups in total. The number of cyclic esters (lactones) is 1. The molecule has 1 saturated heterocycles. The van der Waals surface area contributed by atoms with Crippen molar-refractivity contribution in [3.63, 3.8) is 0 Å². The van der Waals surface area contributed by atoms with Crippen LogP contribution in [0.5, 0.6) is 0 Å². The number of benzene rings is 1. The Balaban J connectivity index is 0.00000196. The topological polar surface area (TPSA) is 110 Å². The molecule has 1 unspecified atom stereocenters. The maximum absolute atomic E-state index is 14.3. The van der Waals surface area contributed by atoms with Crippen LogP contribution >= 0.6 is 0 Å². The number of nitrogens with two attached hydrogens (primary N) is 1. The first-order valence-electron chi connectivity index (χ1n) is 7.95. The predicted molar refractivity (Wildman–Crippen MR) is 102 cm³/mol. The van der Waals surface area contributed by atoms with Crippen LogP contribution < -0.4 is 10.6 Å². The summed E-state index contributed by atoms with van der Waals surface area (Å²) in [6, 6.07) is 6.07. The summed E-state index contributed by atoms with van der Waals surface area (Å²) < 4.78 is 21.0. The maximum atomic E-state index is 14.3. The molecule has 147 valence electrons. The number of nitrogens with zero attached hydrogens (tertiary/aromatic N) is 4. The number of hydrogen-bond donors (Lipinski definition) is 1. The molecule has 2 aromatic rings. The Kier molecular flexibility index (Phi) is 9.44. The van der Waals surface area contributed by atoms with Crippen molar-refractivity contribution in [2.24, 2.45) is 10.7 Å². The van der Waals surface area contributed by atoms with Crippen LogP contribution in [0, 0.1) is 13.2 Å². The fourth-order valence-corrected chi connectivity index (χ4v) is 2.48. The van der Waals surface area contributed by atoms with Gasteiger partial charge in [-0.2, -0.15) is 5.10 Å². The third-order valence-electron chi connectivity index (χ3n) is 3.83. The van der Waals surface area contributed by atoms with Gasteiger partial charge in [-0.15, -0.1) is 6.54 Å². The minimum absolute atomic E-state index is 0. The van der Waals surface area contributed by atoms with Gasteiger partial charge in [0, 0.05) is 63.1 Å². The summed E-state index contributed by atoms with van der Waals surface area (Å²) in [5.74, 6) is -0.573. The molecule has 1 aromatic heterocycles. The standard InChI is InChI=1S/C17H18FN6O2.CH3.Y/c18-15-6-13(24-11-14(8-20)26-17(24)25)2-3-16(15)21-9-12(7-19)10-23-5-1-4-22-23;;/h1-7,9,14,20H,8,10-11,19H2;1H3;/q2*-1;/b12-7+,21-9?;;. The Hall–Kier alpha value is -2.10. The van der Waals surface area contributed by atoms with E-state index in [0.29, 0.717) is 17.8 Å². The van der Waals surface area contributed by atoms with Gasteiger partial charge in [0.05, 0.1) is 24.5 Å². The van der Waals surface area contributed by atoms with Crippen molar-refractivity contribution in [1.29, 1.82) is 0 Å². The molecular formula is C18H21FN6O2Y-2. The smallest absolute Gasteiger partial charge is 0.414 e. The molecule has 1 aliphatic heterocycles. The van der Waals surface area contributed by atoms with Crippen LogP contribution in [-0.4, -0.2) is 41.3 Å². The molecule has 0 bridgehead atoms. The Morgan fingerprint density at radius 3 is 2.86 bits per heavy atom. The summed E-state index contributed by atoms with van der Waals surface area (Å²) in [7, 11) is 0. The van der Waals surface area contributed by atoms with E-state index >= 15 is 0 Å². The van der Waals surface area contributed by atoms with Crippen molar-refractivity contribution in [2.75, 3.05) is 18.0 Å². The Morgan fingerprint density at radius 1 is 1.50 bits per heavy atom. The summed E-state index contributed by atoms with van der Waals surface area (Å²) in [5.41, 5.74) is 14.0. The van der Waals surface area contributed by atoms with Crippen molar-refractivity contribution < 1.29 is 46.6 Å². The minimum atomic E-state index is -0.578. The second kappa shape index (κ2) is 11.0. The Bertz CT molecular complexity index is 841. The summed E-state index contributed by atoms with van der Waals surface area (Å²) in [5, 5.41) is 4.07. The first kappa shape index (κ1) is 23.9. The number of amides is 1. The normalized spacial score (nSPS) is 16.6. The van der Waals surface area contributed by atoms with E-state index in [1.807, 2.05) is 0 Å². The first-order chi connectivity index (χ1) is 12.6. The molecule has 8 nitrogen and oxygen atoms in total. The molecule has 1 aliphatic rings. The van der Waals surface area contributed by atoms with Gasteiger partial charge in [-0.1, -0.05) is 0 Å². The van der Waals surface area contributed by atoms with Crippen molar-refractivity contribution in [3.05, 3.63) is 67.4 Å². The fourth-order valence-electron chi connectivity index (χ4n) is 2.48. The second-order valence-corrected chi connectivity index (χ2v) is 5.66. The average molecular weight is 461 g/mol. The largest absolute Gasteiger partial charge is 0.674 e. The molecule has 2 heterocycles. The Labute approximate surface area is 188 Å². The molecule has 10 heteroatoms. The van der Waals surface area contributed by atoms with Crippen LogP contribution in [0.25, 0.3) is 5.73 Å². The molecule has 1 fully saturated rings. The van der Waals surface area contributed by atoms with Crippen LogP contribution in [-0.2, 0) is 44.0 Å². The maximum Gasteiger partial charge on any atom is 0.414 e. The molecule has 0 spiro atoms. The molecule has 0 saturated carbocycles. The summed E-state index contributed by atoms with van der Waals surface area (Å²) in [4.78, 5) is 17.2. The van der Waals surface area contributed by atoms with Crippen molar-refractivity contribution in [1.82, 2.24) is 9.78 Å². The van der Waals surface area contributed by atoms with Gasteiger partial charge in [0.25, 0.3) is 0 Å². The number of rotatable bonds is 6. The van der Waals surface area contributed by atoms with Crippen LogP contribution in [0.4, 0.5) is 20.6 Å². The molecule has 1 aromatic carbocycles. The number of aliphatic imine (C=N–C) groups is 1. The molecule has 0 aliphatic carbocycles. The second-order valence-electron chi connectivity index (χ2n) is 5.66. The molecule has 1 atom stereocenters. The molecular weight excluding hydrogens is 440 g/mol. The van der Waals surface area contributed by atoms with E-state index in [4.69, 9.17) is 16.2 Å². The van der Waals surface area contributed by atoms with Gasteiger partial charge in [0.1, 0.15) is 6.10 Å². The van der Waals surface area contributed by atoms with Gasteiger partial charge in [0.15, 0.2) is 5.82 Å². The SMILES string of the molecule is [CH3-].[NH-]CC1CN(c2ccc(N=C/C(=C\N)Cn3cccn3)c(F)c2)C(=O)O1.[Y]. The zero-order chi connectivity index (χ0) is 18.5. The van der Waals surface area contributed by atoms with Crippen LogP contribution in [0.2, 0.25) is 0 Å². The van der Waals surface area contributed by atoms with Crippen molar-refractivity contribution in [2.45, 2.75) is 12.6 Å². The number of hydrogen-bond acceptors (Lipinski definition) is 5. The van der Waals surface area contributed by atoms with E-state index in [-0.39, 0.29) is 58.9 Å². The number of anilines is 1. The van der Waals surface area contributed by atoms with Gasteiger partial charge in [-0.3, -0.25) is 14.6 Å². The van der Waals surface area contributed by atoms with Crippen LogP contribution in [0.3, 0.4) is 0 Å². The number of carbonyl (C=O) groups is 1. The fraction of sp³-hybridized carbons (Fsp3) is 0.222. The summed E-state index contributed by atoms with van der Waals surface area (Å²) in [6.07, 6.45) is 5.22. The van der Waals surface area contributed by atoms with Crippen LogP contribution in [0.15, 0.2) is 53.4 Å². The zero-order valence-corrected chi connectivity index (χ0v) is 18.3. The summed E-state index contributed by atoms with van der Waals surface area (Å²) in [6.45, 7) is 0.618. The molecule has 1 amide bonds. The van der Waals surface area contributed by atoms with E-state index < -0.39 is 18.0 Å². The van der Waals surface area contributed by atoms with Crippen molar-refractivity contribution in [3.8, 4) is 0 Å². The number of ether oxygens (including phenoxy) is 1. The molecule has 3 rings (SSSR count). The first-order valence-corrected chi connectivity index (χ1v) is 7.95. The average Bonchev–Trinajstić information content (AvgIpc) is 3.28. The quantitative estimate of drug-likeness (QED) is 0.527. The number of aromatic nitrogens is 2. The number of nitrogens with one attached hydrogen (secondary N) is 1. The van der Waals surface area contributed by atoms with Gasteiger partial charge >= 0.3 is 6.09 Å². The molecule has 1 radical (unpaired) electrons. The van der Waals surface area contributed by atoms with Gasteiger partial charge in [-0.05, 0) is 24.3 Å². The van der Waals surface area contributed by atoms with Crippen LogP contribution in [0.1, 0.15) is 0 Å². The number of allylic oxidation sites excluding steroid dienone is 1. The van der Waals surface area contributed by atoms with Gasteiger partial charge < -0.3 is 23.6 Å². The van der Waals surface area contributed by atoms with E-state index in [9.17, 15) is 9.18 Å². The van der Waals surface area contributed by atoms with E-state index in [0.717, 1.165) is 0 Å². The summed E-state index contributed by atoms with van der Waals surface area (Å²) >= 11 is 0. The van der Waals surface area contributed by atoms with Gasteiger partial charge in [-0.25, -0.2) is 9.18 Å². The third kappa shape index (κ3) is 5.70. The minimum Gasteiger partial charge on any atom is -0.674 e. The van der Waals surface area contributed by atoms with Gasteiger partial charge in [0.2, 0.25) is 0 Å². The zero-order valence-electron chi connectivity index (χ0n) is 15.5. The van der Waals surface area contributed by atoms with E-state index in [2.05, 4.69) is 10.1 Å².